The number of nitriles is 2. The quantitative estimate of drug-likeness (QED) is 0.774. The molecule has 1 aliphatic rings. The van der Waals surface area contributed by atoms with E-state index in [-0.39, 0.29) is 5.78 Å². The Labute approximate surface area is 139 Å². The Morgan fingerprint density at radius 3 is 2.21 bits per heavy atom. The van der Waals surface area contributed by atoms with E-state index in [0.717, 1.165) is 12.1 Å². The maximum absolute atomic E-state index is 12.7. The number of alkyl halides is 3. The summed E-state index contributed by atoms with van der Waals surface area (Å²) in [7, 11) is 0. The molecule has 1 heterocycles. The normalized spacial score (nSPS) is 21.5. The summed E-state index contributed by atoms with van der Waals surface area (Å²) in [6, 6.07) is 11.3. The maximum Gasteiger partial charge on any atom is 0.416 e. The van der Waals surface area contributed by atoms with E-state index in [4.69, 9.17) is 0 Å². The van der Waals surface area contributed by atoms with Crippen LogP contribution in [0.2, 0.25) is 0 Å². The number of nitrogens with zero attached hydrogens (tertiary/aromatic N) is 2. The Bertz CT molecular complexity index is 843. The molecule has 0 bridgehead atoms. The molecule has 1 saturated carbocycles. The average molecular weight is 346 g/mol. The zero-order chi connectivity index (χ0) is 17.5. The maximum atomic E-state index is 12.7. The van der Waals surface area contributed by atoms with Crippen LogP contribution in [0.15, 0.2) is 41.8 Å². The largest absolute Gasteiger partial charge is 0.416 e. The van der Waals surface area contributed by atoms with Crippen LogP contribution >= 0.6 is 11.3 Å². The standard InChI is InChI=1S/C17H9F3N2OS/c18-17(19,20)11-5-3-10(4-6-11)13-14(16(13,8-21)9-22)15(23)12-2-1-7-24-12/h1-7,13-14H. The first kappa shape index (κ1) is 16.2. The van der Waals surface area contributed by atoms with Crippen LogP contribution < -0.4 is 0 Å². The van der Waals surface area contributed by atoms with Gasteiger partial charge >= 0.3 is 6.18 Å². The summed E-state index contributed by atoms with van der Waals surface area (Å²) in [5, 5.41) is 20.5. The van der Waals surface area contributed by atoms with Gasteiger partial charge in [-0.05, 0) is 29.1 Å². The fourth-order valence-corrected chi connectivity index (χ4v) is 3.66. The van der Waals surface area contributed by atoms with Crippen molar-refractivity contribution in [3.8, 4) is 12.1 Å². The Morgan fingerprint density at radius 1 is 1.12 bits per heavy atom. The molecule has 1 fully saturated rings. The van der Waals surface area contributed by atoms with E-state index in [0.29, 0.717) is 10.4 Å². The van der Waals surface area contributed by atoms with Crippen molar-refractivity contribution in [3.05, 3.63) is 57.8 Å². The summed E-state index contributed by atoms with van der Waals surface area (Å²) in [6.45, 7) is 0. The van der Waals surface area contributed by atoms with Crippen molar-refractivity contribution in [2.24, 2.45) is 11.3 Å². The number of benzene rings is 1. The lowest BCUT2D eigenvalue weighted by atomic mass is 10.0. The number of halogens is 3. The van der Waals surface area contributed by atoms with Crippen LogP contribution in [0.5, 0.6) is 0 Å². The minimum atomic E-state index is -4.46. The number of rotatable bonds is 3. The molecular formula is C17H9F3N2OS. The molecule has 0 N–H and O–H groups in total. The van der Waals surface area contributed by atoms with Crippen molar-refractivity contribution in [1.82, 2.24) is 0 Å². The van der Waals surface area contributed by atoms with Gasteiger partial charge in [0, 0.05) is 5.92 Å². The lowest BCUT2D eigenvalue weighted by Gasteiger charge is -2.07. The third kappa shape index (κ3) is 2.38. The lowest BCUT2D eigenvalue weighted by Crippen LogP contribution is -2.06. The number of carbonyl (C=O) groups excluding carboxylic acids is 1. The van der Waals surface area contributed by atoms with E-state index in [1.165, 1.54) is 23.5 Å². The van der Waals surface area contributed by atoms with Crippen molar-refractivity contribution >= 4 is 17.1 Å². The number of hydrogen-bond donors (Lipinski definition) is 0. The van der Waals surface area contributed by atoms with Crippen LogP contribution in [-0.2, 0) is 6.18 Å². The zero-order valence-corrected chi connectivity index (χ0v) is 12.9. The first-order valence-electron chi connectivity index (χ1n) is 6.92. The molecular weight excluding hydrogens is 337 g/mol. The molecule has 1 aliphatic carbocycles. The summed E-state index contributed by atoms with van der Waals surface area (Å²) in [5.74, 6) is -1.90. The van der Waals surface area contributed by atoms with Gasteiger partial charge in [0.05, 0.1) is 28.5 Å². The molecule has 2 aromatic rings. The summed E-state index contributed by atoms with van der Waals surface area (Å²) in [6.07, 6.45) is -4.46. The van der Waals surface area contributed by atoms with Crippen LogP contribution in [-0.4, -0.2) is 5.78 Å². The molecule has 0 spiro atoms. The van der Waals surface area contributed by atoms with E-state index in [9.17, 15) is 28.5 Å². The fraction of sp³-hybridized carbons (Fsp3) is 0.235. The smallest absolute Gasteiger partial charge is 0.293 e. The monoisotopic (exact) mass is 346 g/mol. The van der Waals surface area contributed by atoms with Gasteiger partial charge in [-0.2, -0.15) is 23.7 Å². The molecule has 24 heavy (non-hydrogen) atoms. The number of hydrogen-bond acceptors (Lipinski definition) is 4. The molecule has 7 heteroatoms. The Hall–Kier alpha value is -2.64. The Kier molecular flexibility index (Phi) is 3.70. The topological polar surface area (TPSA) is 64.7 Å². The van der Waals surface area contributed by atoms with Crippen LogP contribution in [0, 0.1) is 34.0 Å². The van der Waals surface area contributed by atoms with Gasteiger partial charge in [0.2, 0.25) is 0 Å². The second kappa shape index (κ2) is 5.47. The molecule has 2 atom stereocenters. The van der Waals surface area contributed by atoms with Gasteiger partial charge in [-0.3, -0.25) is 4.79 Å². The van der Waals surface area contributed by atoms with Gasteiger partial charge in [0.25, 0.3) is 0 Å². The minimum Gasteiger partial charge on any atom is -0.293 e. The average Bonchev–Trinajstić information content (AvgIpc) is 2.91. The van der Waals surface area contributed by atoms with Crippen LogP contribution in [0.3, 0.4) is 0 Å². The summed E-state index contributed by atoms with van der Waals surface area (Å²) >= 11 is 1.21. The number of carbonyl (C=O) groups is 1. The Balaban J connectivity index is 1.96. The molecule has 0 radical (unpaired) electrons. The van der Waals surface area contributed by atoms with E-state index < -0.39 is 29.0 Å². The lowest BCUT2D eigenvalue weighted by molar-refractivity contribution is -0.137. The zero-order valence-electron chi connectivity index (χ0n) is 12.0. The SMILES string of the molecule is N#CC1(C#N)C(C(=O)c2cccs2)C1c1ccc(C(F)(F)F)cc1. The third-order valence-electron chi connectivity index (χ3n) is 4.22. The van der Waals surface area contributed by atoms with E-state index in [2.05, 4.69) is 0 Å². The van der Waals surface area contributed by atoms with Crippen molar-refractivity contribution in [3.63, 3.8) is 0 Å². The first-order valence-corrected chi connectivity index (χ1v) is 7.80. The van der Waals surface area contributed by atoms with E-state index >= 15 is 0 Å². The summed E-state index contributed by atoms with van der Waals surface area (Å²) in [4.78, 5) is 13.0. The van der Waals surface area contributed by atoms with Crippen LogP contribution in [0.25, 0.3) is 0 Å². The second-order valence-electron chi connectivity index (χ2n) is 5.51. The molecule has 0 aliphatic heterocycles. The fourth-order valence-electron chi connectivity index (χ4n) is 2.96. The van der Waals surface area contributed by atoms with Crippen molar-refractivity contribution in [1.29, 1.82) is 10.5 Å². The van der Waals surface area contributed by atoms with Crippen LogP contribution in [0.1, 0.15) is 26.7 Å². The van der Waals surface area contributed by atoms with Crippen LogP contribution in [0.4, 0.5) is 13.2 Å². The molecule has 3 nitrogen and oxygen atoms in total. The van der Waals surface area contributed by atoms with E-state index in [1.807, 2.05) is 12.1 Å². The predicted octanol–water partition coefficient (Wildman–Crippen LogP) is 4.40. The van der Waals surface area contributed by atoms with Gasteiger partial charge < -0.3 is 0 Å². The summed E-state index contributed by atoms with van der Waals surface area (Å²) in [5.41, 5.74) is -1.95. The highest BCUT2D eigenvalue weighted by Gasteiger charge is 2.70. The molecule has 1 aromatic heterocycles. The van der Waals surface area contributed by atoms with E-state index in [1.54, 1.807) is 17.5 Å². The molecule has 120 valence electrons. The van der Waals surface area contributed by atoms with Gasteiger partial charge in [0.15, 0.2) is 11.2 Å². The van der Waals surface area contributed by atoms with Crippen molar-refractivity contribution < 1.29 is 18.0 Å². The molecule has 2 unspecified atom stereocenters. The molecule has 0 amide bonds. The van der Waals surface area contributed by atoms with Gasteiger partial charge in [-0.1, -0.05) is 18.2 Å². The third-order valence-corrected chi connectivity index (χ3v) is 5.10. The van der Waals surface area contributed by atoms with Crippen molar-refractivity contribution in [2.75, 3.05) is 0 Å². The summed E-state index contributed by atoms with van der Waals surface area (Å²) < 4.78 is 38.0. The van der Waals surface area contributed by atoms with Gasteiger partial charge in [-0.25, -0.2) is 0 Å². The first-order chi connectivity index (χ1) is 11.3. The number of thiophene rings is 1. The van der Waals surface area contributed by atoms with Gasteiger partial charge in [0.1, 0.15) is 0 Å². The van der Waals surface area contributed by atoms with Gasteiger partial charge in [-0.15, -0.1) is 11.3 Å². The highest BCUT2D eigenvalue weighted by Crippen LogP contribution is 2.65. The van der Waals surface area contributed by atoms with Crippen molar-refractivity contribution in [2.45, 2.75) is 12.1 Å². The number of ketones is 1. The highest BCUT2D eigenvalue weighted by molar-refractivity contribution is 7.12. The molecule has 3 rings (SSSR count). The molecule has 0 saturated heterocycles. The highest BCUT2D eigenvalue weighted by atomic mass is 32.1. The molecule has 1 aromatic carbocycles. The number of Topliss-reactive ketones (excluding diaryl/α,β-unsaturated/α-hetero) is 1. The minimum absolute atomic E-state index is 0.321. The predicted molar refractivity (Wildman–Crippen MR) is 80.0 cm³/mol. The Morgan fingerprint density at radius 2 is 1.75 bits per heavy atom. The second-order valence-corrected chi connectivity index (χ2v) is 6.46.